The van der Waals surface area contributed by atoms with Gasteiger partial charge in [0.1, 0.15) is 0 Å². The number of fused-ring (bicyclic) bond motifs is 7. The predicted molar refractivity (Wildman–Crippen MR) is 137 cm³/mol. The Balaban J connectivity index is 1.64. The second-order valence-electron chi connectivity index (χ2n) is 14.5. The lowest BCUT2D eigenvalue weighted by atomic mass is 9.31. The van der Waals surface area contributed by atoms with Crippen LogP contribution in [0.4, 0.5) is 0 Å². The number of carboxylic acid groups (broad SMARTS) is 1. The first-order chi connectivity index (χ1) is 16.7. The third-order valence-corrected chi connectivity index (χ3v) is 13.7. The number of carbonyl (C=O) groups is 1. The highest BCUT2D eigenvalue weighted by Gasteiger charge is 2.76. The molecule has 6 nitrogen and oxygen atoms in total. The molecule has 0 aromatic carbocycles. The first-order valence-corrected chi connectivity index (χ1v) is 14.2. The summed E-state index contributed by atoms with van der Waals surface area (Å²) < 4.78 is 0. The molecule has 5 rings (SSSR count). The SMILES string of the molecule is C=C(C)[C@@H]1CC[C@]2(C(=O)O)C[C@H](O)[C@]3(C)[C@H](CC[C@@H]4[C@@]5(C)CC[C@H](O)[C@@](C)(CO)[C@@H]5C[C@H](O)[C@]43C)[C@@H]12. The summed E-state index contributed by atoms with van der Waals surface area (Å²) in [5.41, 5.74) is -2.02. The summed E-state index contributed by atoms with van der Waals surface area (Å²) in [6.45, 7) is 14.7. The second-order valence-corrected chi connectivity index (χ2v) is 14.5. The molecule has 0 spiro atoms. The molecule has 5 aliphatic rings. The quantitative estimate of drug-likeness (QED) is 0.371. The molecule has 13 atom stereocenters. The van der Waals surface area contributed by atoms with Crippen molar-refractivity contribution < 1.29 is 30.3 Å². The molecule has 5 aliphatic carbocycles. The minimum atomic E-state index is -0.938. The van der Waals surface area contributed by atoms with Crippen LogP contribution in [0.15, 0.2) is 12.2 Å². The molecule has 0 heterocycles. The highest BCUT2D eigenvalue weighted by Crippen LogP contribution is 2.77. The van der Waals surface area contributed by atoms with E-state index in [1.54, 1.807) is 0 Å². The zero-order valence-corrected chi connectivity index (χ0v) is 22.8. The molecule has 36 heavy (non-hydrogen) atoms. The summed E-state index contributed by atoms with van der Waals surface area (Å²) in [6.07, 6.45) is 3.08. The maximum atomic E-state index is 12.8. The normalized spacial score (nSPS) is 58.2. The molecule has 5 fully saturated rings. The average molecular weight is 505 g/mol. The molecule has 0 saturated heterocycles. The number of hydrogen-bond donors (Lipinski definition) is 5. The van der Waals surface area contributed by atoms with E-state index in [0.717, 1.165) is 31.3 Å². The predicted octanol–water partition coefficient (Wildman–Crippen LogP) is 4.00. The second kappa shape index (κ2) is 8.03. The van der Waals surface area contributed by atoms with Gasteiger partial charge < -0.3 is 25.5 Å². The van der Waals surface area contributed by atoms with Crippen molar-refractivity contribution in [2.24, 2.45) is 56.7 Å². The Bertz CT molecular complexity index is 950. The van der Waals surface area contributed by atoms with Crippen molar-refractivity contribution in [3.05, 3.63) is 12.2 Å². The summed E-state index contributed by atoms with van der Waals surface area (Å²) in [5.74, 6) is -0.704. The number of aliphatic hydroxyl groups excluding tert-OH is 4. The van der Waals surface area contributed by atoms with Crippen LogP contribution < -0.4 is 0 Å². The number of aliphatic hydroxyl groups is 4. The molecule has 0 aromatic rings. The smallest absolute Gasteiger partial charge is 0.310 e. The standard InChI is InChI=1S/C30H48O6/c1-16(2)17-9-12-30(25(35)36)14-23(34)28(5)18(24(17)30)7-8-19-26(3)11-10-21(32)27(4,15-31)20(26)13-22(33)29(19,28)6/h17-24,31-34H,1,7-15H2,2-6H3,(H,35,36)/t17-,18+,19+,20+,21-,22-,23-,24+,26+,27-,28-,29-,30-/m0/s1. The van der Waals surface area contributed by atoms with Crippen LogP contribution in [-0.4, -0.2) is 56.4 Å². The fraction of sp³-hybridized carbons (Fsp3) is 0.900. The van der Waals surface area contributed by atoms with Crippen molar-refractivity contribution in [3.8, 4) is 0 Å². The molecule has 5 N–H and O–H groups in total. The summed E-state index contributed by atoms with van der Waals surface area (Å²) >= 11 is 0. The van der Waals surface area contributed by atoms with Crippen molar-refractivity contribution in [2.75, 3.05) is 6.61 Å². The third kappa shape index (κ3) is 2.85. The molecule has 0 aliphatic heterocycles. The van der Waals surface area contributed by atoms with E-state index in [-0.39, 0.29) is 48.0 Å². The number of carboxylic acids is 1. The van der Waals surface area contributed by atoms with E-state index in [2.05, 4.69) is 27.4 Å². The maximum Gasteiger partial charge on any atom is 0.310 e. The molecular weight excluding hydrogens is 456 g/mol. The van der Waals surface area contributed by atoms with Gasteiger partial charge in [-0.3, -0.25) is 4.79 Å². The van der Waals surface area contributed by atoms with Crippen LogP contribution in [0.3, 0.4) is 0 Å². The Morgan fingerprint density at radius 2 is 1.56 bits per heavy atom. The number of aliphatic carboxylic acids is 1. The van der Waals surface area contributed by atoms with Crippen LogP contribution >= 0.6 is 0 Å². The minimum absolute atomic E-state index is 0.0176. The van der Waals surface area contributed by atoms with Crippen molar-refractivity contribution in [1.29, 1.82) is 0 Å². The molecule has 6 heteroatoms. The number of rotatable bonds is 3. The fourth-order valence-electron chi connectivity index (χ4n) is 11.6. The van der Waals surface area contributed by atoms with E-state index in [0.29, 0.717) is 19.3 Å². The van der Waals surface area contributed by atoms with Gasteiger partial charge in [-0.25, -0.2) is 0 Å². The Labute approximate surface area is 216 Å². The Kier molecular flexibility index (Phi) is 5.95. The minimum Gasteiger partial charge on any atom is -0.481 e. The average Bonchev–Trinajstić information content (AvgIpc) is 3.21. The van der Waals surface area contributed by atoms with Gasteiger partial charge in [0, 0.05) is 16.2 Å². The Morgan fingerprint density at radius 3 is 2.14 bits per heavy atom. The monoisotopic (exact) mass is 504 g/mol. The van der Waals surface area contributed by atoms with E-state index in [4.69, 9.17) is 0 Å². The number of hydrogen-bond acceptors (Lipinski definition) is 5. The van der Waals surface area contributed by atoms with Gasteiger partial charge in [0.15, 0.2) is 0 Å². The fourth-order valence-corrected chi connectivity index (χ4v) is 11.6. The molecule has 204 valence electrons. The molecule has 0 amide bonds. The number of allylic oxidation sites excluding steroid dienone is 1. The Hall–Kier alpha value is -0.950. The third-order valence-electron chi connectivity index (χ3n) is 13.7. The van der Waals surface area contributed by atoms with Gasteiger partial charge in [0.25, 0.3) is 0 Å². The lowest BCUT2D eigenvalue weighted by molar-refractivity contribution is -0.309. The van der Waals surface area contributed by atoms with E-state index in [1.807, 2.05) is 13.8 Å². The van der Waals surface area contributed by atoms with Crippen molar-refractivity contribution >= 4 is 5.97 Å². The zero-order chi connectivity index (χ0) is 26.6. The highest BCUT2D eigenvalue weighted by molar-refractivity contribution is 5.76. The molecule has 5 saturated carbocycles. The lowest BCUT2D eigenvalue weighted by Crippen LogP contribution is -2.74. The van der Waals surface area contributed by atoms with Crippen molar-refractivity contribution in [3.63, 3.8) is 0 Å². The summed E-state index contributed by atoms with van der Waals surface area (Å²) in [6, 6.07) is 0. The van der Waals surface area contributed by atoms with Crippen LogP contribution in [-0.2, 0) is 4.79 Å². The molecular formula is C30H48O6. The summed E-state index contributed by atoms with van der Waals surface area (Å²) in [5, 5.41) is 55.9. The van der Waals surface area contributed by atoms with Gasteiger partial charge in [0.2, 0.25) is 0 Å². The topological polar surface area (TPSA) is 118 Å². The van der Waals surface area contributed by atoms with Gasteiger partial charge in [-0.15, -0.1) is 0 Å². The van der Waals surface area contributed by atoms with Crippen LogP contribution in [0.5, 0.6) is 0 Å². The lowest BCUT2D eigenvalue weighted by Gasteiger charge is -2.74. The van der Waals surface area contributed by atoms with E-state index in [9.17, 15) is 30.3 Å². The zero-order valence-electron chi connectivity index (χ0n) is 22.8. The van der Waals surface area contributed by atoms with Crippen LogP contribution in [0.2, 0.25) is 0 Å². The van der Waals surface area contributed by atoms with Crippen molar-refractivity contribution in [2.45, 2.75) is 104 Å². The van der Waals surface area contributed by atoms with Gasteiger partial charge in [-0.2, -0.15) is 0 Å². The molecule has 0 aromatic heterocycles. The molecule has 0 unspecified atom stereocenters. The largest absolute Gasteiger partial charge is 0.481 e. The highest BCUT2D eigenvalue weighted by atomic mass is 16.4. The first-order valence-electron chi connectivity index (χ1n) is 14.2. The van der Waals surface area contributed by atoms with Gasteiger partial charge >= 0.3 is 5.97 Å². The van der Waals surface area contributed by atoms with E-state index in [1.165, 1.54) is 0 Å². The Morgan fingerprint density at radius 1 is 0.889 bits per heavy atom. The van der Waals surface area contributed by atoms with Crippen LogP contribution in [0, 0.1) is 56.7 Å². The first kappa shape index (κ1) is 26.6. The molecule has 0 bridgehead atoms. The van der Waals surface area contributed by atoms with E-state index >= 15 is 0 Å². The summed E-state index contributed by atoms with van der Waals surface area (Å²) in [4.78, 5) is 12.8. The van der Waals surface area contributed by atoms with Crippen LogP contribution in [0.25, 0.3) is 0 Å². The summed E-state index contributed by atoms with van der Waals surface area (Å²) in [7, 11) is 0. The van der Waals surface area contributed by atoms with Gasteiger partial charge in [-0.1, -0.05) is 39.8 Å². The maximum absolute atomic E-state index is 12.8. The van der Waals surface area contributed by atoms with Crippen molar-refractivity contribution in [1.82, 2.24) is 0 Å². The molecule has 0 radical (unpaired) electrons. The van der Waals surface area contributed by atoms with Gasteiger partial charge in [0.05, 0.1) is 30.3 Å². The van der Waals surface area contributed by atoms with E-state index < -0.39 is 45.9 Å². The van der Waals surface area contributed by atoms with Gasteiger partial charge in [-0.05, 0) is 93.3 Å². The van der Waals surface area contributed by atoms with Crippen LogP contribution in [0.1, 0.15) is 86.0 Å².